The van der Waals surface area contributed by atoms with E-state index in [0.29, 0.717) is 18.1 Å². The van der Waals surface area contributed by atoms with Crippen molar-refractivity contribution in [2.45, 2.75) is 19.8 Å². The van der Waals surface area contributed by atoms with Crippen LogP contribution in [0, 0.1) is 5.92 Å². The Bertz CT molecular complexity index is 383. The van der Waals surface area contributed by atoms with Crippen LogP contribution in [0.5, 0.6) is 0 Å². The number of hydrogen-bond donors (Lipinski definition) is 2. The average molecular weight is 291 g/mol. The Hall–Kier alpha value is -0.770. The molecule has 0 spiro atoms. The van der Waals surface area contributed by atoms with E-state index in [9.17, 15) is 4.79 Å². The van der Waals surface area contributed by atoms with Gasteiger partial charge in [-0.25, -0.2) is 0 Å². The first-order valence-electron chi connectivity index (χ1n) is 5.79. The molecule has 0 aliphatic carbocycles. The number of carbonyl (C=O) groups excluding carboxylic acids is 1. The Morgan fingerprint density at radius 2 is 2.11 bits per heavy atom. The third kappa shape index (κ3) is 4.84. The van der Waals surface area contributed by atoms with Gasteiger partial charge < -0.3 is 11.1 Å². The molecule has 0 fully saturated rings. The second-order valence-electron chi connectivity index (χ2n) is 4.36. The standard InChI is InChI=1S/C13H19ClN2O.ClH/c1-9(2)12(13(17)16-7-6-15)10-4-3-5-11(14)8-10;/h3-5,8-9,12H,6-7,15H2,1-2H3,(H,16,17);1H. The molecule has 0 saturated carbocycles. The molecule has 1 aromatic rings. The maximum absolute atomic E-state index is 12.0. The monoisotopic (exact) mass is 290 g/mol. The first kappa shape index (κ1) is 17.2. The minimum absolute atomic E-state index is 0. The number of amides is 1. The van der Waals surface area contributed by atoms with Crippen molar-refractivity contribution < 1.29 is 4.79 Å². The number of rotatable bonds is 5. The molecule has 102 valence electrons. The third-order valence-electron chi connectivity index (χ3n) is 2.60. The lowest BCUT2D eigenvalue weighted by Crippen LogP contribution is -2.35. The van der Waals surface area contributed by atoms with E-state index in [-0.39, 0.29) is 30.2 Å². The van der Waals surface area contributed by atoms with Crippen LogP contribution in [-0.4, -0.2) is 19.0 Å². The SMILES string of the molecule is CC(C)C(C(=O)NCCN)c1cccc(Cl)c1.Cl. The Kier molecular flexibility index (Phi) is 8.00. The molecule has 0 bridgehead atoms. The van der Waals surface area contributed by atoms with Crippen molar-refractivity contribution in [3.05, 3.63) is 34.9 Å². The van der Waals surface area contributed by atoms with Gasteiger partial charge in [0, 0.05) is 18.1 Å². The van der Waals surface area contributed by atoms with Gasteiger partial charge >= 0.3 is 0 Å². The van der Waals surface area contributed by atoms with Gasteiger partial charge in [-0.15, -0.1) is 12.4 Å². The van der Waals surface area contributed by atoms with Gasteiger partial charge in [0.05, 0.1) is 5.92 Å². The number of carbonyl (C=O) groups is 1. The zero-order valence-corrected chi connectivity index (χ0v) is 12.2. The molecule has 0 saturated heterocycles. The normalized spacial score (nSPS) is 11.8. The van der Waals surface area contributed by atoms with Crippen molar-refractivity contribution in [1.29, 1.82) is 0 Å². The maximum atomic E-state index is 12.0. The molecule has 1 aromatic carbocycles. The summed E-state index contributed by atoms with van der Waals surface area (Å²) in [7, 11) is 0. The van der Waals surface area contributed by atoms with E-state index in [1.54, 1.807) is 6.07 Å². The smallest absolute Gasteiger partial charge is 0.227 e. The molecule has 0 heterocycles. The molecule has 1 amide bonds. The van der Waals surface area contributed by atoms with Gasteiger partial charge in [0.1, 0.15) is 0 Å². The van der Waals surface area contributed by atoms with E-state index in [0.717, 1.165) is 5.56 Å². The molecule has 0 radical (unpaired) electrons. The van der Waals surface area contributed by atoms with E-state index in [2.05, 4.69) is 5.32 Å². The fraction of sp³-hybridized carbons (Fsp3) is 0.462. The van der Waals surface area contributed by atoms with Crippen molar-refractivity contribution in [3.8, 4) is 0 Å². The van der Waals surface area contributed by atoms with E-state index in [1.807, 2.05) is 32.0 Å². The van der Waals surface area contributed by atoms with Gasteiger partial charge in [0.25, 0.3) is 0 Å². The molecule has 18 heavy (non-hydrogen) atoms. The number of nitrogens with two attached hydrogens (primary N) is 1. The minimum Gasteiger partial charge on any atom is -0.354 e. The molecular formula is C13H20Cl2N2O. The highest BCUT2D eigenvalue weighted by Crippen LogP contribution is 2.26. The molecule has 3 N–H and O–H groups in total. The second-order valence-corrected chi connectivity index (χ2v) is 4.79. The molecule has 5 heteroatoms. The van der Waals surface area contributed by atoms with Crippen LogP contribution in [0.4, 0.5) is 0 Å². The highest BCUT2D eigenvalue weighted by Gasteiger charge is 2.23. The number of halogens is 2. The van der Waals surface area contributed by atoms with Crippen molar-refractivity contribution in [2.24, 2.45) is 11.7 Å². The number of nitrogens with one attached hydrogen (secondary N) is 1. The first-order chi connectivity index (χ1) is 8.06. The van der Waals surface area contributed by atoms with Gasteiger partial charge in [0.2, 0.25) is 5.91 Å². The highest BCUT2D eigenvalue weighted by atomic mass is 35.5. The molecule has 3 nitrogen and oxygen atoms in total. The summed E-state index contributed by atoms with van der Waals surface area (Å²) >= 11 is 5.95. The van der Waals surface area contributed by atoms with E-state index in [4.69, 9.17) is 17.3 Å². The molecule has 1 atom stereocenters. The summed E-state index contributed by atoms with van der Waals surface area (Å²) in [5.74, 6) is 0.0409. The average Bonchev–Trinajstić information content (AvgIpc) is 2.26. The van der Waals surface area contributed by atoms with Crippen molar-refractivity contribution in [3.63, 3.8) is 0 Å². The van der Waals surface area contributed by atoms with Crippen LogP contribution >= 0.6 is 24.0 Å². The van der Waals surface area contributed by atoms with E-state index >= 15 is 0 Å². The van der Waals surface area contributed by atoms with E-state index in [1.165, 1.54) is 0 Å². The summed E-state index contributed by atoms with van der Waals surface area (Å²) in [6, 6.07) is 7.44. The molecule has 1 rings (SSSR count). The predicted octanol–water partition coefficient (Wildman–Crippen LogP) is 2.58. The van der Waals surface area contributed by atoms with Gasteiger partial charge in [-0.1, -0.05) is 37.6 Å². The van der Waals surface area contributed by atoms with Gasteiger partial charge in [0.15, 0.2) is 0 Å². The molecule has 1 unspecified atom stereocenters. The van der Waals surface area contributed by atoms with Crippen LogP contribution in [0.3, 0.4) is 0 Å². The summed E-state index contributed by atoms with van der Waals surface area (Å²) in [6.07, 6.45) is 0. The van der Waals surface area contributed by atoms with Crippen molar-refractivity contribution in [1.82, 2.24) is 5.32 Å². The van der Waals surface area contributed by atoms with Crippen LogP contribution in [0.15, 0.2) is 24.3 Å². The van der Waals surface area contributed by atoms with Gasteiger partial charge in [-0.2, -0.15) is 0 Å². The second kappa shape index (κ2) is 8.35. The van der Waals surface area contributed by atoms with Crippen LogP contribution in [0.1, 0.15) is 25.3 Å². The Balaban J connectivity index is 0.00000289. The number of benzene rings is 1. The maximum Gasteiger partial charge on any atom is 0.227 e. The summed E-state index contributed by atoms with van der Waals surface area (Å²) in [5.41, 5.74) is 6.33. The van der Waals surface area contributed by atoms with Crippen molar-refractivity contribution in [2.75, 3.05) is 13.1 Å². The predicted molar refractivity (Wildman–Crippen MR) is 78.3 cm³/mol. The molecule has 0 aromatic heterocycles. The fourth-order valence-electron chi connectivity index (χ4n) is 1.84. The van der Waals surface area contributed by atoms with Crippen LogP contribution in [-0.2, 0) is 4.79 Å². The van der Waals surface area contributed by atoms with E-state index < -0.39 is 0 Å². The Labute approximate surface area is 119 Å². The van der Waals surface area contributed by atoms with Crippen molar-refractivity contribution >= 4 is 29.9 Å². The van der Waals surface area contributed by atoms with Gasteiger partial charge in [-0.3, -0.25) is 4.79 Å². The zero-order valence-electron chi connectivity index (χ0n) is 10.7. The minimum atomic E-state index is -0.180. The summed E-state index contributed by atoms with van der Waals surface area (Å²) in [4.78, 5) is 12.0. The lowest BCUT2D eigenvalue weighted by Gasteiger charge is -2.20. The highest BCUT2D eigenvalue weighted by molar-refractivity contribution is 6.30. The molecule has 0 aliphatic heterocycles. The molecule has 0 aliphatic rings. The fourth-order valence-corrected chi connectivity index (χ4v) is 2.04. The summed E-state index contributed by atoms with van der Waals surface area (Å²) < 4.78 is 0. The Morgan fingerprint density at radius 1 is 1.44 bits per heavy atom. The third-order valence-corrected chi connectivity index (χ3v) is 2.84. The summed E-state index contributed by atoms with van der Waals surface area (Å²) in [6.45, 7) is 5.00. The summed E-state index contributed by atoms with van der Waals surface area (Å²) in [5, 5.41) is 3.48. The molecular weight excluding hydrogens is 271 g/mol. The van der Waals surface area contributed by atoms with Crippen LogP contribution < -0.4 is 11.1 Å². The zero-order chi connectivity index (χ0) is 12.8. The number of hydrogen-bond acceptors (Lipinski definition) is 2. The lowest BCUT2D eigenvalue weighted by atomic mass is 9.87. The topological polar surface area (TPSA) is 55.1 Å². The van der Waals surface area contributed by atoms with Crippen LogP contribution in [0.25, 0.3) is 0 Å². The largest absolute Gasteiger partial charge is 0.354 e. The Morgan fingerprint density at radius 3 is 2.61 bits per heavy atom. The lowest BCUT2D eigenvalue weighted by molar-refractivity contribution is -0.123. The quantitative estimate of drug-likeness (QED) is 0.876. The van der Waals surface area contributed by atoms with Gasteiger partial charge in [-0.05, 0) is 23.6 Å². The first-order valence-corrected chi connectivity index (χ1v) is 6.17. The van der Waals surface area contributed by atoms with Crippen LogP contribution in [0.2, 0.25) is 5.02 Å².